The highest BCUT2D eigenvalue weighted by Gasteiger charge is 2.26. The van der Waals surface area contributed by atoms with Gasteiger partial charge in [-0.3, -0.25) is 4.90 Å². The molecule has 2 atom stereocenters. The van der Waals surface area contributed by atoms with E-state index >= 15 is 0 Å². The van der Waals surface area contributed by atoms with Crippen LogP contribution in [-0.2, 0) is 4.74 Å². The van der Waals surface area contributed by atoms with Crippen molar-refractivity contribution in [3.63, 3.8) is 0 Å². The number of hydrogen-bond acceptors (Lipinski definition) is 2. The second-order valence-corrected chi connectivity index (χ2v) is 5.50. The van der Waals surface area contributed by atoms with Crippen LogP contribution in [-0.4, -0.2) is 24.6 Å². The first-order chi connectivity index (χ1) is 10.2. The maximum atomic E-state index is 13.4. The molecule has 0 aliphatic carbocycles. The lowest BCUT2D eigenvalue weighted by Gasteiger charge is -2.37. The second-order valence-electron chi connectivity index (χ2n) is 5.50. The number of hydrogen-bond donors (Lipinski definition) is 0. The number of rotatable bonds is 3. The van der Waals surface area contributed by atoms with E-state index in [1.54, 1.807) is 12.1 Å². The molecule has 1 aliphatic heterocycles. The van der Waals surface area contributed by atoms with Gasteiger partial charge >= 0.3 is 0 Å². The van der Waals surface area contributed by atoms with Crippen molar-refractivity contribution >= 4 is 0 Å². The summed E-state index contributed by atoms with van der Waals surface area (Å²) in [6.07, 6.45) is -0.0550. The summed E-state index contributed by atoms with van der Waals surface area (Å²) < 4.78 is 19.2. The summed E-state index contributed by atoms with van der Waals surface area (Å²) in [5.74, 6) is -0.204. The van der Waals surface area contributed by atoms with Crippen LogP contribution in [0.5, 0.6) is 0 Å². The Hall–Kier alpha value is -1.71. The number of nitrogens with zero attached hydrogens (tertiary/aromatic N) is 1. The molecule has 0 unspecified atom stereocenters. The summed E-state index contributed by atoms with van der Waals surface area (Å²) >= 11 is 0. The van der Waals surface area contributed by atoms with Crippen LogP contribution in [0.4, 0.5) is 4.39 Å². The molecule has 2 aromatic rings. The van der Waals surface area contributed by atoms with Crippen LogP contribution in [0.15, 0.2) is 54.6 Å². The zero-order valence-corrected chi connectivity index (χ0v) is 12.2. The van der Waals surface area contributed by atoms with Gasteiger partial charge in [-0.2, -0.15) is 0 Å². The molecular formula is C18H20FNO. The molecule has 0 amide bonds. The van der Waals surface area contributed by atoms with Crippen molar-refractivity contribution in [1.29, 1.82) is 0 Å². The van der Waals surface area contributed by atoms with Crippen LogP contribution in [0.1, 0.15) is 30.2 Å². The molecule has 1 fully saturated rings. The quantitative estimate of drug-likeness (QED) is 0.846. The van der Waals surface area contributed by atoms with Crippen molar-refractivity contribution in [2.45, 2.75) is 19.1 Å². The Morgan fingerprint density at radius 2 is 1.95 bits per heavy atom. The lowest BCUT2D eigenvalue weighted by Crippen LogP contribution is -2.39. The van der Waals surface area contributed by atoms with Gasteiger partial charge < -0.3 is 4.74 Å². The minimum Gasteiger partial charge on any atom is -0.371 e. The largest absolute Gasteiger partial charge is 0.371 e. The predicted octanol–water partition coefficient (Wildman–Crippen LogP) is 3.96. The summed E-state index contributed by atoms with van der Waals surface area (Å²) in [4.78, 5) is 2.40. The lowest BCUT2D eigenvalue weighted by molar-refractivity contribution is -0.0432. The topological polar surface area (TPSA) is 12.5 Å². The van der Waals surface area contributed by atoms with Gasteiger partial charge in [-0.1, -0.05) is 42.5 Å². The molecule has 110 valence electrons. The Bertz CT molecular complexity index is 587. The van der Waals surface area contributed by atoms with E-state index in [1.165, 1.54) is 11.6 Å². The molecule has 3 rings (SSSR count). The first-order valence-corrected chi connectivity index (χ1v) is 7.40. The van der Waals surface area contributed by atoms with Gasteiger partial charge in [-0.15, -0.1) is 0 Å². The van der Waals surface area contributed by atoms with Gasteiger partial charge in [-0.25, -0.2) is 4.39 Å². The van der Waals surface area contributed by atoms with Gasteiger partial charge in [0.05, 0.1) is 12.7 Å². The average molecular weight is 285 g/mol. The van der Waals surface area contributed by atoms with E-state index in [1.807, 2.05) is 12.1 Å². The third-order valence-corrected chi connectivity index (χ3v) is 4.15. The normalized spacial score (nSPS) is 21.1. The minimum atomic E-state index is -0.204. The Labute approximate surface area is 125 Å². The highest BCUT2D eigenvalue weighted by atomic mass is 19.1. The number of morpholine rings is 1. The van der Waals surface area contributed by atoms with Crippen molar-refractivity contribution < 1.29 is 9.13 Å². The van der Waals surface area contributed by atoms with Gasteiger partial charge in [0.2, 0.25) is 0 Å². The molecule has 1 heterocycles. The molecule has 2 aromatic carbocycles. The third-order valence-electron chi connectivity index (χ3n) is 4.15. The van der Waals surface area contributed by atoms with E-state index in [0.29, 0.717) is 12.6 Å². The fourth-order valence-electron chi connectivity index (χ4n) is 2.87. The molecule has 1 saturated heterocycles. The highest BCUT2D eigenvalue weighted by molar-refractivity contribution is 5.21. The molecule has 0 N–H and O–H groups in total. The molecule has 0 saturated carbocycles. The first kappa shape index (κ1) is 14.2. The number of benzene rings is 2. The van der Waals surface area contributed by atoms with E-state index in [2.05, 4.69) is 36.1 Å². The minimum absolute atomic E-state index is 0.0550. The van der Waals surface area contributed by atoms with Crippen molar-refractivity contribution in [2.75, 3.05) is 19.7 Å². The van der Waals surface area contributed by atoms with E-state index in [0.717, 1.165) is 18.7 Å². The molecule has 0 aromatic heterocycles. The van der Waals surface area contributed by atoms with Crippen LogP contribution in [0, 0.1) is 5.82 Å². The van der Waals surface area contributed by atoms with Gasteiger partial charge in [0.1, 0.15) is 5.82 Å². The standard InChI is InChI=1S/C18H20FNO/c1-14(15-6-3-2-4-7-15)20-10-11-21-18(13-20)16-8-5-9-17(19)12-16/h2-9,12,14,18H,10-11,13H2,1H3/t14-,18+/m0/s1. The molecule has 1 aliphatic rings. The Balaban J connectivity index is 1.74. The summed E-state index contributed by atoms with van der Waals surface area (Å²) in [5.41, 5.74) is 2.22. The molecule has 0 spiro atoms. The van der Waals surface area contributed by atoms with Gasteiger partial charge in [0, 0.05) is 19.1 Å². The van der Waals surface area contributed by atoms with E-state index in [9.17, 15) is 4.39 Å². The molecule has 0 radical (unpaired) electrons. The Kier molecular flexibility index (Phi) is 4.32. The third kappa shape index (κ3) is 3.31. The molecule has 21 heavy (non-hydrogen) atoms. The zero-order chi connectivity index (χ0) is 14.7. The predicted molar refractivity (Wildman–Crippen MR) is 81.5 cm³/mol. The summed E-state index contributed by atoms with van der Waals surface area (Å²) in [5, 5.41) is 0. The number of ether oxygens (including phenoxy) is 1. The van der Waals surface area contributed by atoms with Crippen LogP contribution >= 0.6 is 0 Å². The van der Waals surface area contributed by atoms with Crippen LogP contribution in [0.3, 0.4) is 0 Å². The smallest absolute Gasteiger partial charge is 0.123 e. The summed E-state index contributed by atoms with van der Waals surface area (Å²) in [6, 6.07) is 17.5. The molecule has 0 bridgehead atoms. The van der Waals surface area contributed by atoms with Gasteiger partial charge in [0.15, 0.2) is 0 Å². The molecular weight excluding hydrogens is 265 g/mol. The fraction of sp³-hybridized carbons (Fsp3) is 0.333. The van der Waals surface area contributed by atoms with Crippen LogP contribution in [0.2, 0.25) is 0 Å². The average Bonchev–Trinajstić information content (AvgIpc) is 2.55. The monoisotopic (exact) mass is 285 g/mol. The molecule has 3 heteroatoms. The van der Waals surface area contributed by atoms with E-state index in [-0.39, 0.29) is 11.9 Å². The van der Waals surface area contributed by atoms with Crippen molar-refractivity contribution in [3.8, 4) is 0 Å². The fourth-order valence-corrected chi connectivity index (χ4v) is 2.87. The van der Waals surface area contributed by atoms with E-state index < -0.39 is 0 Å². The molecule has 2 nitrogen and oxygen atoms in total. The van der Waals surface area contributed by atoms with Gasteiger partial charge in [-0.05, 0) is 30.2 Å². The maximum absolute atomic E-state index is 13.4. The Morgan fingerprint density at radius 3 is 2.71 bits per heavy atom. The zero-order valence-electron chi connectivity index (χ0n) is 12.2. The van der Waals surface area contributed by atoms with Crippen LogP contribution < -0.4 is 0 Å². The van der Waals surface area contributed by atoms with Gasteiger partial charge in [0.25, 0.3) is 0 Å². The summed E-state index contributed by atoms with van der Waals surface area (Å²) in [7, 11) is 0. The van der Waals surface area contributed by atoms with Crippen LogP contribution in [0.25, 0.3) is 0 Å². The van der Waals surface area contributed by atoms with Crippen molar-refractivity contribution in [1.82, 2.24) is 4.90 Å². The second kappa shape index (κ2) is 6.37. The summed E-state index contributed by atoms with van der Waals surface area (Å²) in [6.45, 7) is 4.59. The SMILES string of the molecule is C[C@@H](c1ccccc1)N1CCO[C@@H](c2cccc(F)c2)C1. The first-order valence-electron chi connectivity index (χ1n) is 7.40. The Morgan fingerprint density at radius 1 is 1.14 bits per heavy atom. The highest BCUT2D eigenvalue weighted by Crippen LogP contribution is 2.28. The number of halogens is 1. The van der Waals surface area contributed by atoms with E-state index in [4.69, 9.17) is 4.74 Å². The van der Waals surface area contributed by atoms with Crippen molar-refractivity contribution in [3.05, 3.63) is 71.5 Å². The maximum Gasteiger partial charge on any atom is 0.123 e. The lowest BCUT2D eigenvalue weighted by atomic mass is 10.0. The van der Waals surface area contributed by atoms with Crippen molar-refractivity contribution in [2.24, 2.45) is 0 Å².